The Labute approximate surface area is 70.6 Å². The van der Waals surface area contributed by atoms with Gasteiger partial charge in [0.1, 0.15) is 4.60 Å². The molecule has 0 spiro atoms. The van der Waals surface area contributed by atoms with Crippen LogP contribution in [0.3, 0.4) is 0 Å². The van der Waals surface area contributed by atoms with Gasteiger partial charge >= 0.3 is 0 Å². The molecule has 0 unspecified atom stereocenters. The van der Waals surface area contributed by atoms with Crippen molar-refractivity contribution in [2.24, 2.45) is 0 Å². The van der Waals surface area contributed by atoms with Crippen molar-refractivity contribution in [3.05, 3.63) is 22.7 Å². The first-order valence-corrected chi connectivity index (χ1v) is 3.55. The van der Waals surface area contributed by atoms with Gasteiger partial charge in [-0.15, -0.1) is 0 Å². The van der Waals surface area contributed by atoms with Gasteiger partial charge in [0.25, 0.3) is 5.24 Å². The molecule has 0 radical (unpaired) electrons. The molecule has 0 N–H and O–H groups in total. The van der Waals surface area contributed by atoms with E-state index in [2.05, 4.69) is 25.9 Å². The number of rotatable bonds is 1. The van der Waals surface area contributed by atoms with E-state index in [0.717, 1.165) is 0 Å². The first-order chi connectivity index (χ1) is 4.70. The SMILES string of the molecule is O=C(Cl)c1nccc(Br)n1. The second-order valence-corrected chi connectivity index (χ2v) is 2.63. The summed E-state index contributed by atoms with van der Waals surface area (Å²) in [5.74, 6) is 0.0102. The Morgan fingerprint density at radius 3 is 2.80 bits per heavy atom. The molecular weight excluding hydrogens is 219 g/mol. The fourth-order valence-electron chi connectivity index (χ4n) is 0.431. The molecule has 5 heteroatoms. The molecule has 52 valence electrons. The molecule has 1 aromatic rings. The van der Waals surface area contributed by atoms with E-state index in [1.165, 1.54) is 6.20 Å². The highest BCUT2D eigenvalue weighted by atomic mass is 79.9. The summed E-state index contributed by atoms with van der Waals surface area (Å²) >= 11 is 8.16. The molecule has 1 aromatic heterocycles. The standard InChI is InChI=1S/C5H2BrClN2O/c6-3-1-2-8-5(9-3)4(7)10/h1-2H. The van der Waals surface area contributed by atoms with Crippen LogP contribution in [-0.4, -0.2) is 15.2 Å². The fourth-order valence-corrected chi connectivity index (χ4v) is 0.809. The van der Waals surface area contributed by atoms with Crippen LogP contribution in [0.5, 0.6) is 0 Å². The molecule has 1 heterocycles. The first-order valence-electron chi connectivity index (χ1n) is 2.38. The van der Waals surface area contributed by atoms with Gasteiger partial charge in [0.2, 0.25) is 5.82 Å². The summed E-state index contributed by atoms with van der Waals surface area (Å²) in [6, 6.07) is 1.61. The third-order valence-corrected chi connectivity index (χ3v) is 1.41. The number of aromatic nitrogens is 2. The summed E-state index contributed by atoms with van der Waals surface area (Å²) < 4.78 is 0.548. The maximum absolute atomic E-state index is 10.4. The Hall–Kier alpha value is -0.480. The van der Waals surface area contributed by atoms with Gasteiger partial charge in [0.05, 0.1) is 0 Å². The topological polar surface area (TPSA) is 42.9 Å². The Balaban J connectivity index is 3.07. The van der Waals surface area contributed by atoms with E-state index in [1.54, 1.807) is 6.07 Å². The smallest absolute Gasteiger partial charge is 0.272 e. The van der Waals surface area contributed by atoms with E-state index < -0.39 is 5.24 Å². The van der Waals surface area contributed by atoms with E-state index in [4.69, 9.17) is 11.6 Å². The number of hydrogen-bond donors (Lipinski definition) is 0. The van der Waals surface area contributed by atoms with Gasteiger partial charge in [-0.2, -0.15) is 0 Å². The number of halogens is 2. The minimum absolute atomic E-state index is 0.0102. The van der Waals surface area contributed by atoms with Crippen molar-refractivity contribution >= 4 is 32.8 Å². The van der Waals surface area contributed by atoms with Crippen LogP contribution < -0.4 is 0 Å². The van der Waals surface area contributed by atoms with Crippen LogP contribution in [0.15, 0.2) is 16.9 Å². The molecule has 0 amide bonds. The average molecular weight is 221 g/mol. The van der Waals surface area contributed by atoms with Crippen molar-refractivity contribution in [1.29, 1.82) is 0 Å². The highest BCUT2D eigenvalue weighted by Crippen LogP contribution is 2.04. The van der Waals surface area contributed by atoms with Crippen LogP contribution in [0, 0.1) is 0 Å². The van der Waals surface area contributed by atoms with Gasteiger partial charge in [-0.25, -0.2) is 9.97 Å². The second kappa shape index (κ2) is 3.07. The fraction of sp³-hybridized carbons (Fsp3) is 0. The van der Waals surface area contributed by atoms with Gasteiger partial charge in [-0.05, 0) is 33.6 Å². The highest BCUT2D eigenvalue weighted by molar-refractivity contribution is 9.10. The van der Waals surface area contributed by atoms with Crippen molar-refractivity contribution in [3.63, 3.8) is 0 Å². The van der Waals surface area contributed by atoms with E-state index in [0.29, 0.717) is 4.60 Å². The monoisotopic (exact) mass is 220 g/mol. The van der Waals surface area contributed by atoms with Gasteiger partial charge in [-0.1, -0.05) is 0 Å². The molecule has 0 atom stereocenters. The molecule has 0 saturated carbocycles. The lowest BCUT2D eigenvalue weighted by Crippen LogP contribution is -1.97. The second-order valence-electron chi connectivity index (χ2n) is 1.48. The normalized spacial score (nSPS) is 9.40. The Kier molecular flexibility index (Phi) is 2.34. The zero-order valence-corrected chi connectivity index (χ0v) is 7.06. The maximum Gasteiger partial charge on any atom is 0.289 e. The molecule has 0 bridgehead atoms. The minimum Gasteiger partial charge on any atom is -0.272 e. The number of carbonyl (C=O) groups is 1. The van der Waals surface area contributed by atoms with Gasteiger partial charge < -0.3 is 0 Å². The quantitative estimate of drug-likeness (QED) is 0.534. The van der Waals surface area contributed by atoms with Gasteiger partial charge in [0.15, 0.2) is 0 Å². The molecule has 0 aliphatic rings. The lowest BCUT2D eigenvalue weighted by atomic mass is 10.6. The van der Waals surface area contributed by atoms with Crippen LogP contribution in [-0.2, 0) is 0 Å². The van der Waals surface area contributed by atoms with E-state index in [1.807, 2.05) is 0 Å². The molecule has 1 rings (SSSR count). The predicted molar refractivity (Wildman–Crippen MR) is 39.9 cm³/mol. The van der Waals surface area contributed by atoms with E-state index in [-0.39, 0.29) is 5.82 Å². The Morgan fingerprint density at radius 2 is 2.40 bits per heavy atom. The maximum atomic E-state index is 10.4. The summed E-state index contributed by atoms with van der Waals surface area (Å²) in [6.45, 7) is 0. The van der Waals surface area contributed by atoms with Crippen LogP contribution in [0.1, 0.15) is 10.6 Å². The minimum atomic E-state index is -0.652. The largest absolute Gasteiger partial charge is 0.289 e. The molecule has 0 aliphatic heterocycles. The van der Waals surface area contributed by atoms with Crippen LogP contribution in [0.4, 0.5) is 0 Å². The van der Waals surface area contributed by atoms with Crippen molar-refractivity contribution in [2.45, 2.75) is 0 Å². The summed E-state index contributed by atoms with van der Waals surface area (Å²) in [7, 11) is 0. The summed E-state index contributed by atoms with van der Waals surface area (Å²) in [6.07, 6.45) is 1.45. The zero-order valence-electron chi connectivity index (χ0n) is 4.71. The number of hydrogen-bond acceptors (Lipinski definition) is 3. The van der Waals surface area contributed by atoms with Crippen LogP contribution in [0.25, 0.3) is 0 Å². The molecule has 0 saturated heterocycles. The Bertz CT molecular complexity index is 266. The first kappa shape index (κ1) is 7.63. The molecular formula is C5H2BrClN2O. The molecule has 0 fully saturated rings. The average Bonchev–Trinajstić information content (AvgIpc) is 1.88. The molecule has 0 aromatic carbocycles. The molecule has 0 aliphatic carbocycles. The van der Waals surface area contributed by atoms with Gasteiger partial charge in [0, 0.05) is 6.20 Å². The summed E-state index contributed by atoms with van der Waals surface area (Å²) in [5, 5.41) is -0.652. The van der Waals surface area contributed by atoms with Crippen molar-refractivity contribution in [3.8, 4) is 0 Å². The van der Waals surface area contributed by atoms with E-state index >= 15 is 0 Å². The predicted octanol–water partition coefficient (Wildman–Crippen LogP) is 1.62. The van der Waals surface area contributed by atoms with Crippen molar-refractivity contribution in [2.75, 3.05) is 0 Å². The number of nitrogens with zero attached hydrogens (tertiary/aromatic N) is 2. The van der Waals surface area contributed by atoms with E-state index in [9.17, 15) is 4.79 Å². The third kappa shape index (κ3) is 1.75. The molecule has 10 heavy (non-hydrogen) atoms. The summed E-state index contributed by atoms with van der Waals surface area (Å²) in [5.41, 5.74) is 0. The lowest BCUT2D eigenvalue weighted by molar-refractivity contribution is 0.107. The highest BCUT2D eigenvalue weighted by Gasteiger charge is 2.03. The third-order valence-electron chi connectivity index (χ3n) is 0.797. The summed E-state index contributed by atoms with van der Waals surface area (Å²) in [4.78, 5) is 17.7. The van der Waals surface area contributed by atoms with Gasteiger partial charge in [-0.3, -0.25) is 4.79 Å². The van der Waals surface area contributed by atoms with Crippen LogP contribution in [0.2, 0.25) is 0 Å². The zero-order chi connectivity index (χ0) is 7.56. The lowest BCUT2D eigenvalue weighted by Gasteiger charge is -1.90. The number of carbonyl (C=O) groups excluding carboxylic acids is 1. The van der Waals surface area contributed by atoms with Crippen molar-refractivity contribution in [1.82, 2.24) is 9.97 Å². The van der Waals surface area contributed by atoms with Crippen molar-refractivity contribution < 1.29 is 4.79 Å². The Morgan fingerprint density at radius 1 is 1.70 bits per heavy atom. The van der Waals surface area contributed by atoms with Crippen LogP contribution >= 0.6 is 27.5 Å². The molecule has 3 nitrogen and oxygen atoms in total.